The maximum Gasteiger partial charge on any atom is 0.287 e. The van der Waals surface area contributed by atoms with Crippen LogP contribution in [0.5, 0.6) is 0 Å². The first kappa shape index (κ1) is 12.6. The lowest BCUT2D eigenvalue weighted by Crippen LogP contribution is -1.95. The number of anilines is 2. The van der Waals surface area contributed by atoms with Gasteiger partial charge in [-0.2, -0.15) is 5.26 Å². The van der Waals surface area contributed by atoms with Crippen LogP contribution in [0.2, 0.25) is 0 Å². The number of hydrogen-bond acceptors (Lipinski definition) is 4. The second-order valence-electron chi connectivity index (χ2n) is 4.09. The van der Waals surface area contributed by atoms with Crippen molar-refractivity contribution in [3.63, 3.8) is 0 Å². The van der Waals surface area contributed by atoms with Crippen LogP contribution in [-0.4, -0.2) is 4.92 Å². The summed E-state index contributed by atoms with van der Waals surface area (Å²) in [5.41, 5.74) is 2.51. The Hall–Kier alpha value is -2.87. The van der Waals surface area contributed by atoms with Crippen molar-refractivity contribution >= 4 is 17.1 Å². The quantitative estimate of drug-likeness (QED) is 0.670. The highest BCUT2D eigenvalue weighted by Crippen LogP contribution is 2.24. The van der Waals surface area contributed by atoms with Gasteiger partial charge in [-0.05, 0) is 31.2 Å². The average Bonchev–Trinajstić information content (AvgIpc) is 2.41. The van der Waals surface area contributed by atoms with Crippen LogP contribution in [0.4, 0.5) is 17.1 Å². The number of hydrogen-bond donors (Lipinski definition) is 1. The van der Waals surface area contributed by atoms with E-state index in [-0.39, 0.29) is 11.3 Å². The molecule has 0 heterocycles. The summed E-state index contributed by atoms with van der Waals surface area (Å²) in [6, 6.07) is 13.9. The molecule has 0 radical (unpaired) electrons. The maximum absolute atomic E-state index is 10.7. The van der Waals surface area contributed by atoms with Gasteiger partial charge in [-0.15, -0.1) is 0 Å². The second kappa shape index (κ2) is 5.19. The molecular weight excluding hydrogens is 242 g/mol. The first-order valence-corrected chi connectivity index (χ1v) is 5.62. The molecule has 2 rings (SSSR count). The largest absolute Gasteiger partial charge is 0.355 e. The molecule has 5 nitrogen and oxygen atoms in total. The van der Waals surface area contributed by atoms with Crippen molar-refractivity contribution in [3.05, 3.63) is 63.7 Å². The van der Waals surface area contributed by atoms with Crippen LogP contribution in [-0.2, 0) is 0 Å². The Morgan fingerprint density at radius 2 is 1.79 bits per heavy atom. The van der Waals surface area contributed by atoms with Gasteiger partial charge in [0.05, 0.1) is 4.92 Å². The van der Waals surface area contributed by atoms with E-state index >= 15 is 0 Å². The fourth-order valence-corrected chi connectivity index (χ4v) is 1.67. The molecule has 0 bridgehead atoms. The molecule has 5 heteroatoms. The lowest BCUT2D eigenvalue weighted by atomic mass is 10.1. The molecule has 0 spiro atoms. The van der Waals surface area contributed by atoms with E-state index in [1.165, 1.54) is 12.1 Å². The van der Waals surface area contributed by atoms with E-state index in [1.807, 2.05) is 37.3 Å². The molecule has 2 aromatic carbocycles. The minimum absolute atomic E-state index is 0.0436. The van der Waals surface area contributed by atoms with Crippen molar-refractivity contribution in [2.45, 2.75) is 6.92 Å². The number of nitro benzene ring substituents is 1. The number of benzene rings is 2. The Kier molecular flexibility index (Phi) is 3.44. The van der Waals surface area contributed by atoms with Gasteiger partial charge in [-0.25, -0.2) is 0 Å². The predicted molar refractivity (Wildman–Crippen MR) is 72.3 cm³/mol. The van der Waals surface area contributed by atoms with Gasteiger partial charge in [0.25, 0.3) is 5.69 Å². The first-order valence-electron chi connectivity index (χ1n) is 5.62. The van der Waals surface area contributed by atoms with Crippen molar-refractivity contribution in [2.24, 2.45) is 0 Å². The molecule has 19 heavy (non-hydrogen) atoms. The third-order valence-electron chi connectivity index (χ3n) is 2.65. The Labute approximate surface area is 110 Å². The van der Waals surface area contributed by atoms with Gasteiger partial charge in [0.2, 0.25) is 0 Å². The van der Waals surface area contributed by atoms with Crippen LogP contribution in [0.3, 0.4) is 0 Å². The molecule has 2 aromatic rings. The second-order valence-corrected chi connectivity index (χ2v) is 4.09. The minimum Gasteiger partial charge on any atom is -0.355 e. The lowest BCUT2D eigenvalue weighted by Gasteiger charge is -2.07. The van der Waals surface area contributed by atoms with E-state index in [0.29, 0.717) is 5.69 Å². The smallest absolute Gasteiger partial charge is 0.287 e. The number of nitrogens with zero attached hydrogens (tertiary/aromatic N) is 2. The molecule has 0 atom stereocenters. The van der Waals surface area contributed by atoms with E-state index in [0.717, 1.165) is 11.3 Å². The van der Waals surface area contributed by atoms with E-state index in [1.54, 1.807) is 6.07 Å². The molecule has 0 unspecified atom stereocenters. The van der Waals surface area contributed by atoms with Crippen molar-refractivity contribution in [3.8, 4) is 6.07 Å². The summed E-state index contributed by atoms with van der Waals surface area (Å²) in [6.45, 7) is 1.99. The standard InChI is InChI=1S/C14H11N3O2/c1-10-2-4-12(5-3-10)16-13-6-7-14(17(18)19)11(8-13)9-15/h2-8,16H,1H3. The summed E-state index contributed by atoms with van der Waals surface area (Å²) in [6.07, 6.45) is 0. The number of rotatable bonds is 3. The van der Waals surface area contributed by atoms with E-state index in [2.05, 4.69) is 5.32 Å². The van der Waals surface area contributed by atoms with Crippen LogP contribution < -0.4 is 5.32 Å². The van der Waals surface area contributed by atoms with Crippen LogP contribution in [0.25, 0.3) is 0 Å². The molecule has 0 fully saturated rings. The number of nitrogens with one attached hydrogen (secondary N) is 1. The van der Waals surface area contributed by atoms with Crippen LogP contribution >= 0.6 is 0 Å². The number of nitriles is 1. The number of nitro groups is 1. The molecule has 0 saturated heterocycles. The SMILES string of the molecule is Cc1ccc(Nc2ccc([N+](=O)[O-])c(C#N)c2)cc1. The van der Waals surface area contributed by atoms with Crippen LogP contribution in [0, 0.1) is 28.4 Å². The average molecular weight is 253 g/mol. The molecule has 0 saturated carbocycles. The molecule has 0 aliphatic heterocycles. The van der Waals surface area contributed by atoms with E-state index in [9.17, 15) is 10.1 Å². The zero-order valence-corrected chi connectivity index (χ0v) is 10.3. The molecule has 0 aliphatic rings. The Bertz CT molecular complexity index is 657. The third kappa shape index (κ3) is 2.87. The Morgan fingerprint density at radius 3 is 2.37 bits per heavy atom. The van der Waals surface area contributed by atoms with Gasteiger partial charge in [-0.1, -0.05) is 17.7 Å². The molecular formula is C14H11N3O2. The fourth-order valence-electron chi connectivity index (χ4n) is 1.67. The van der Waals surface area contributed by atoms with E-state index in [4.69, 9.17) is 5.26 Å². The van der Waals surface area contributed by atoms with E-state index < -0.39 is 4.92 Å². The lowest BCUT2D eigenvalue weighted by molar-refractivity contribution is -0.385. The van der Waals surface area contributed by atoms with Crippen LogP contribution in [0.1, 0.15) is 11.1 Å². The van der Waals surface area contributed by atoms with Crippen LogP contribution in [0.15, 0.2) is 42.5 Å². The van der Waals surface area contributed by atoms with Crippen molar-refractivity contribution in [2.75, 3.05) is 5.32 Å². The van der Waals surface area contributed by atoms with Crippen molar-refractivity contribution < 1.29 is 4.92 Å². The van der Waals surface area contributed by atoms with Gasteiger partial charge >= 0.3 is 0 Å². The van der Waals surface area contributed by atoms with Gasteiger partial charge in [0.1, 0.15) is 11.6 Å². The third-order valence-corrected chi connectivity index (χ3v) is 2.65. The van der Waals surface area contributed by atoms with Crippen molar-refractivity contribution in [1.82, 2.24) is 0 Å². The summed E-state index contributed by atoms with van der Waals surface area (Å²) in [5.74, 6) is 0. The van der Waals surface area contributed by atoms with Gasteiger partial charge < -0.3 is 5.32 Å². The fraction of sp³-hybridized carbons (Fsp3) is 0.0714. The summed E-state index contributed by atoms with van der Waals surface area (Å²) in [4.78, 5) is 10.2. The van der Waals surface area contributed by atoms with Gasteiger partial charge in [0.15, 0.2) is 0 Å². The Balaban J connectivity index is 2.29. The topological polar surface area (TPSA) is 79.0 Å². The maximum atomic E-state index is 10.7. The van der Waals surface area contributed by atoms with Crippen molar-refractivity contribution in [1.29, 1.82) is 5.26 Å². The Morgan fingerprint density at radius 1 is 1.16 bits per heavy atom. The summed E-state index contributed by atoms with van der Waals surface area (Å²) in [7, 11) is 0. The number of aryl methyl sites for hydroxylation is 1. The normalized spacial score (nSPS) is 9.68. The highest BCUT2D eigenvalue weighted by atomic mass is 16.6. The zero-order chi connectivity index (χ0) is 13.8. The molecule has 1 N–H and O–H groups in total. The summed E-state index contributed by atoms with van der Waals surface area (Å²) < 4.78 is 0. The van der Waals surface area contributed by atoms with Gasteiger partial charge in [-0.3, -0.25) is 10.1 Å². The first-order chi connectivity index (χ1) is 9.10. The molecule has 0 aromatic heterocycles. The highest BCUT2D eigenvalue weighted by Gasteiger charge is 2.13. The molecule has 94 valence electrons. The molecule has 0 amide bonds. The summed E-state index contributed by atoms with van der Waals surface area (Å²) >= 11 is 0. The van der Waals surface area contributed by atoms with Gasteiger partial charge in [0, 0.05) is 17.4 Å². The zero-order valence-electron chi connectivity index (χ0n) is 10.3. The minimum atomic E-state index is -0.561. The summed E-state index contributed by atoms with van der Waals surface area (Å²) in [5, 5.41) is 22.7. The monoisotopic (exact) mass is 253 g/mol. The predicted octanol–water partition coefficient (Wildman–Crippen LogP) is 3.52. The molecule has 0 aliphatic carbocycles. The highest BCUT2D eigenvalue weighted by molar-refractivity contribution is 5.65.